The SMILES string of the molecule is CNC(=O)CCNC(=O)CC1(CN)CCC1. The predicted octanol–water partition coefficient (Wildman–Crippen LogP) is -0.242. The molecule has 0 radical (unpaired) electrons. The molecule has 16 heavy (non-hydrogen) atoms. The minimum Gasteiger partial charge on any atom is -0.359 e. The van der Waals surface area contributed by atoms with Gasteiger partial charge in [-0.05, 0) is 24.8 Å². The summed E-state index contributed by atoms with van der Waals surface area (Å²) in [6.07, 6.45) is 4.09. The number of hydrogen-bond donors (Lipinski definition) is 3. The zero-order valence-corrected chi connectivity index (χ0v) is 9.84. The molecule has 0 atom stereocenters. The number of carbonyl (C=O) groups is 2. The van der Waals surface area contributed by atoms with E-state index in [4.69, 9.17) is 5.73 Å². The highest BCUT2D eigenvalue weighted by molar-refractivity contribution is 5.79. The second kappa shape index (κ2) is 5.84. The van der Waals surface area contributed by atoms with Crippen LogP contribution in [0.4, 0.5) is 0 Å². The highest BCUT2D eigenvalue weighted by atomic mass is 16.2. The number of nitrogens with two attached hydrogens (primary N) is 1. The lowest BCUT2D eigenvalue weighted by molar-refractivity contribution is -0.125. The third-order valence-corrected chi connectivity index (χ3v) is 3.34. The van der Waals surface area contributed by atoms with Crippen molar-refractivity contribution in [1.82, 2.24) is 10.6 Å². The van der Waals surface area contributed by atoms with Gasteiger partial charge >= 0.3 is 0 Å². The molecule has 4 N–H and O–H groups in total. The van der Waals surface area contributed by atoms with E-state index in [1.165, 1.54) is 6.42 Å². The van der Waals surface area contributed by atoms with Crippen molar-refractivity contribution < 1.29 is 9.59 Å². The van der Waals surface area contributed by atoms with Crippen LogP contribution in [0.5, 0.6) is 0 Å². The normalized spacial score (nSPS) is 17.4. The van der Waals surface area contributed by atoms with E-state index in [0.717, 1.165) is 12.8 Å². The predicted molar refractivity (Wildman–Crippen MR) is 61.6 cm³/mol. The van der Waals surface area contributed by atoms with Crippen molar-refractivity contribution in [3.05, 3.63) is 0 Å². The standard InChI is InChI=1S/C11H21N3O2/c1-13-9(15)3-6-14-10(16)7-11(8-12)4-2-5-11/h2-8,12H2,1H3,(H,13,15)(H,14,16). The Hall–Kier alpha value is -1.10. The quantitative estimate of drug-likeness (QED) is 0.585. The molecule has 0 saturated heterocycles. The molecule has 0 heterocycles. The van der Waals surface area contributed by atoms with Gasteiger partial charge in [-0.1, -0.05) is 6.42 Å². The van der Waals surface area contributed by atoms with Crippen LogP contribution in [0.25, 0.3) is 0 Å². The van der Waals surface area contributed by atoms with Crippen LogP contribution < -0.4 is 16.4 Å². The molecule has 0 aliphatic heterocycles. The molecule has 1 aliphatic carbocycles. The van der Waals surface area contributed by atoms with E-state index in [-0.39, 0.29) is 17.2 Å². The summed E-state index contributed by atoms with van der Waals surface area (Å²) in [5.41, 5.74) is 5.71. The fraction of sp³-hybridized carbons (Fsp3) is 0.818. The summed E-state index contributed by atoms with van der Waals surface area (Å²) in [7, 11) is 1.59. The van der Waals surface area contributed by atoms with Crippen LogP contribution in [0.15, 0.2) is 0 Å². The van der Waals surface area contributed by atoms with Gasteiger partial charge in [-0.25, -0.2) is 0 Å². The van der Waals surface area contributed by atoms with Gasteiger partial charge in [-0.2, -0.15) is 0 Å². The minimum absolute atomic E-state index is 0.00838. The first kappa shape index (κ1) is 13.0. The van der Waals surface area contributed by atoms with Crippen LogP contribution in [0.1, 0.15) is 32.1 Å². The zero-order chi connectivity index (χ0) is 12.0. The van der Waals surface area contributed by atoms with Gasteiger partial charge in [-0.15, -0.1) is 0 Å². The van der Waals surface area contributed by atoms with Gasteiger partial charge in [0.05, 0.1) is 0 Å². The molecule has 2 amide bonds. The molecule has 0 bridgehead atoms. The molecule has 5 heteroatoms. The number of carbonyl (C=O) groups excluding carboxylic acids is 2. The van der Waals surface area contributed by atoms with Crippen LogP contribution in [-0.2, 0) is 9.59 Å². The summed E-state index contributed by atoms with van der Waals surface area (Å²) in [5.74, 6) is -0.0495. The fourth-order valence-corrected chi connectivity index (χ4v) is 1.97. The van der Waals surface area contributed by atoms with E-state index < -0.39 is 0 Å². The number of amides is 2. The number of rotatable bonds is 6. The molecule has 0 spiro atoms. The largest absolute Gasteiger partial charge is 0.359 e. The first-order valence-electron chi connectivity index (χ1n) is 5.79. The van der Waals surface area contributed by atoms with E-state index in [2.05, 4.69) is 10.6 Å². The van der Waals surface area contributed by atoms with Gasteiger partial charge < -0.3 is 16.4 Å². The molecular formula is C11H21N3O2. The lowest BCUT2D eigenvalue weighted by atomic mass is 9.66. The zero-order valence-electron chi connectivity index (χ0n) is 9.84. The molecule has 1 saturated carbocycles. The van der Waals surface area contributed by atoms with Crippen molar-refractivity contribution in [3.8, 4) is 0 Å². The molecule has 1 rings (SSSR count). The highest BCUT2D eigenvalue weighted by Gasteiger charge is 2.37. The highest BCUT2D eigenvalue weighted by Crippen LogP contribution is 2.42. The summed E-state index contributed by atoms with van der Waals surface area (Å²) in [4.78, 5) is 22.5. The Morgan fingerprint density at radius 3 is 2.44 bits per heavy atom. The lowest BCUT2D eigenvalue weighted by Crippen LogP contribution is -2.42. The lowest BCUT2D eigenvalue weighted by Gasteiger charge is -2.40. The molecule has 5 nitrogen and oxygen atoms in total. The van der Waals surface area contributed by atoms with Crippen molar-refractivity contribution in [2.75, 3.05) is 20.1 Å². The summed E-state index contributed by atoms with van der Waals surface area (Å²) < 4.78 is 0. The second-order valence-electron chi connectivity index (χ2n) is 4.51. The van der Waals surface area contributed by atoms with Crippen LogP contribution in [0.3, 0.4) is 0 Å². The Bertz CT molecular complexity index is 256. The Morgan fingerprint density at radius 1 is 1.31 bits per heavy atom. The van der Waals surface area contributed by atoms with Crippen molar-refractivity contribution in [2.45, 2.75) is 32.1 Å². The van der Waals surface area contributed by atoms with Gasteiger partial charge in [0.25, 0.3) is 0 Å². The number of hydrogen-bond acceptors (Lipinski definition) is 3. The maximum absolute atomic E-state index is 11.6. The van der Waals surface area contributed by atoms with Gasteiger partial charge in [0.15, 0.2) is 0 Å². The van der Waals surface area contributed by atoms with Crippen LogP contribution in [0.2, 0.25) is 0 Å². The molecule has 1 aliphatic rings. The monoisotopic (exact) mass is 227 g/mol. The third kappa shape index (κ3) is 3.48. The summed E-state index contributed by atoms with van der Waals surface area (Å²) in [6, 6.07) is 0. The van der Waals surface area contributed by atoms with Gasteiger partial charge in [0, 0.05) is 26.4 Å². The van der Waals surface area contributed by atoms with Crippen molar-refractivity contribution in [2.24, 2.45) is 11.1 Å². The molecule has 0 aromatic rings. The van der Waals surface area contributed by atoms with E-state index in [0.29, 0.717) is 25.9 Å². The van der Waals surface area contributed by atoms with Crippen molar-refractivity contribution in [1.29, 1.82) is 0 Å². The third-order valence-electron chi connectivity index (χ3n) is 3.34. The Labute approximate surface area is 96.1 Å². The van der Waals surface area contributed by atoms with E-state index in [1.807, 2.05) is 0 Å². The Balaban J connectivity index is 2.18. The fourth-order valence-electron chi connectivity index (χ4n) is 1.97. The molecular weight excluding hydrogens is 206 g/mol. The Morgan fingerprint density at radius 2 is 2.00 bits per heavy atom. The van der Waals surface area contributed by atoms with Gasteiger partial charge in [0.1, 0.15) is 0 Å². The Kier molecular flexibility index (Phi) is 4.73. The average molecular weight is 227 g/mol. The summed E-state index contributed by atoms with van der Waals surface area (Å²) >= 11 is 0. The first-order valence-corrected chi connectivity index (χ1v) is 5.79. The van der Waals surface area contributed by atoms with Crippen molar-refractivity contribution in [3.63, 3.8) is 0 Å². The summed E-state index contributed by atoms with van der Waals surface area (Å²) in [5, 5.41) is 5.26. The first-order chi connectivity index (χ1) is 7.62. The van der Waals surface area contributed by atoms with Crippen LogP contribution in [0, 0.1) is 5.41 Å². The van der Waals surface area contributed by atoms with Crippen LogP contribution >= 0.6 is 0 Å². The molecule has 0 aromatic carbocycles. The molecule has 0 aromatic heterocycles. The minimum atomic E-state index is -0.0579. The maximum Gasteiger partial charge on any atom is 0.221 e. The molecule has 92 valence electrons. The molecule has 0 unspecified atom stereocenters. The number of nitrogens with one attached hydrogen (secondary N) is 2. The molecule has 1 fully saturated rings. The second-order valence-corrected chi connectivity index (χ2v) is 4.51. The van der Waals surface area contributed by atoms with Gasteiger partial charge in [-0.3, -0.25) is 9.59 Å². The van der Waals surface area contributed by atoms with Crippen molar-refractivity contribution >= 4 is 11.8 Å². The van der Waals surface area contributed by atoms with E-state index in [9.17, 15) is 9.59 Å². The topological polar surface area (TPSA) is 84.2 Å². The average Bonchev–Trinajstić information content (AvgIpc) is 2.23. The smallest absolute Gasteiger partial charge is 0.221 e. The van der Waals surface area contributed by atoms with Crippen LogP contribution in [-0.4, -0.2) is 32.0 Å². The maximum atomic E-state index is 11.6. The van der Waals surface area contributed by atoms with E-state index in [1.54, 1.807) is 7.05 Å². The van der Waals surface area contributed by atoms with E-state index >= 15 is 0 Å². The van der Waals surface area contributed by atoms with Gasteiger partial charge in [0.2, 0.25) is 11.8 Å². The summed E-state index contributed by atoms with van der Waals surface area (Å²) in [6.45, 7) is 0.981.